The maximum atomic E-state index is 14.0. The number of aliphatic hydroxyl groups is 2. The summed E-state index contributed by atoms with van der Waals surface area (Å²) >= 11 is 0. The van der Waals surface area contributed by atoms with Gasteiger partial charge in [0.2, 0.25) is 18.4 Å². The zero-order valence-electron chi connectivity index (χ0n) is 21.7. The second kappa shape index (κ2) is 10.4. The smallest absolute Gasteiger partial charge is 0.231 e. The van der Waals surface area contributed by atoms with Gasteiger partial charge >= 0.3 is 0 Å². The van der Waals surface area contributed by atoms with Crippen LogP contribution in [0.2, 0.25) is 0 Å². The molecule has 1 aliphatic carbocycles. The van der Waals surface area contributed by atoms with Crippen molar-refractivity contribution in [3.63, 3.8) is 0 Å². The lowest BCUT2D eigenvalue weighted by Crippen LogP contribution is -2.43. The number of anilines is 1. The first kappa shape index (κ1) is 25.7. The molecule has 0 fully saturated rings. The summed E-state index contributed by atoms with van der Waals surface area (Å²) in [5.41, 5.74) is 3.61. The molecule has 38 heavy (non-hydrogen) atoms. The maximum Gasteiger partial charge on any atom is 0.231 e. The predicted molar refractivity (Wildman–Crippen MR) is 139 cm³/mol. The fourth-order valence-electron chi connectivity index (χ4n) is 5.46. The number of hydrogen-bond acceptors (Lipinski definition) is 8. The van der Waals surface area contributed by atoms with Crippen molar-refractivity contribution in [2.24, 2.45) is 11.8 Å². The lowest BCUT2D eigenvalue weighted by atomic mass is 9.64. The van der Waals surface area contributed by atoms with Crippen LogP contribution in [0, 0.1) is 18.8 Å². The van der Waals surface area contributed by atoms with Gasteiger partial charge in [0.1, 0.15) is 0 Å². The largest absolute Gasteiger partial charge is 0.493 e. The lowest BCUT2D eigenvalue weighted by molar-refractivity contribution is -0.125. The Kier molecular flexibility index (Phi) is 7.05. The van der Waals surface area contributed by atoms with Crippen molar-refractivity contribution in [1.82, 2.24) is 0 Å². The molecule has 4 atom stereocenters. The van der Waals surface area contributed by atoms with Crippen molar-refractivity contribution in [1.29, 1.82) is 0 Å². The van der Waals surface area contributed by atoms with E-state index in [-0.39, 0.29) is 12.7 Å². The molecular formula is C29H31NO8. The minimum Gasteiger partial charge on any atom is -0.493 e. The highest BCUT2D eigenvalue weighted by Crippen LogP contribution is 2.53. The summed E-state index contributed by atoms with van der Waals surface area (Å²) in [6.45, 7) is 1.61. The summed E-state index contributed by atoms with van der Waals surface area (Å²) in [6, 6.07) is 14.6. The van der Waals surface area contributed by atoms with E-state index in [0.29, 0.717) is 51.1 Å². The first-order chi connectivity index (χ1) is 18.4. The molecule has 0 saturated heterocycles. The Morgan fingerprint density at radius 2 is 1.55 bits per heavy atom. The molecule has 3 N–H and O–H groups in total. The van der Waals surface area contributed by atoms with Crippen molar-refractivity contribution >= 4 is 11.6 Å². The van der Waals surface area contributed by atoms with Crippen molar-refractivity contribution in [3.05, 3.63) is 70.8 Å². The van der Waals surface area contributed by atoms with Gasteiger partial charge < -0.3 is 39.2 Å². The Morgan fingerprint density at radius 3 is 2.11 bits per heavy atom. The molecule has 0 spiro atoms. The minimum absolute atomic E-state index is 0.0595. The topological polar surface area (TPSA) is 116 Å². The number of nitrogens with one attached hydrogen (secondary N) is 1. The molecular weight excluding hydrogens is 490 g/mol. The van der Waals surface area contributed by atoms with E-state index in [0.717, 1.165) is 5.56 Å². The van der Waals surface area contributed by atoms with E-state index in [9.17, 15) is 15.0 Å². The number of rotatable bonds is 7. The van der Waals surface area contributed by atoms with Gasteiger partial charge in [0, 0.05) is 24.1 Å². The van der Waals surface area contributed by atoms with E-state index in [1.54, 1.807) is 24.3 Å². The quantitative estimate of drug-likeness (QED) is 0.430. The molecule has 5 rings (SSSR count). The minimum atomic E-state index is -1.11. The molecule has 3 aromatic rings. The van der Waals surface area contributed by atoms with Gasteiger partial charge in [-0.2, -0.15) is 0 Å². The molecule has 2 aliphatic rings. The van der Waals surface area contributed by atoms with Crippen LogP contribution in [-0.2, 0) is 4.79 Å². The third kappa shape index (κ3) is 4.37. The van der Waals surface area contributed by atoms with Crippen LogP contribution >= 0.6 is 0 Å². The van der Waals surface area contributed by atoms with Gasteiger partial charge in [-0.05, 0) is 60.0 Å². The van der Waals surface area contributed by atoms with E-state index < -0.39 is 30.5 Å². The number of hydrogen-bond donors (Lipinski definition) is 3. The highest BCUT2D eigenvalue weighted by atomic mass is 16.7. The van der Waals surface area contributed by atoms with E-state index in [1.165, 1.54) is 21.3 Å². The van der Waals surface area contributed by atoms with Gasteiger partial charge in [0.15, 0.2) is 23.0 Å². The number of aliphatic hydroxyl groups excluding tert-OH is 2. The third-order valence-electron chi connectivity index (χ3n) is 7.34. The molecule has 0 saturated carbocycles. The molecule has 0 aromatic heterocycles. The monoisotopic (exact) mass is 521 g/mol. The summed E-state index contributed by atoms with van der Waals surface area (Å²) in [7, 11) is 4.57. The average Bonchev–Trinajstić information content (AvgIpc) is 3.40. The molecule has 200 valence electrons. The van der Waals surface area contributed by atoms with Crippen molar-refractivity contribution in [3.8, 4) is 28.7 Å². The molecule has 4 unspecified atom stereocenters. The molecule has 1 heterocycles. The standard InChI is InChI=1S/C29H31NO8/c1-15-5-7-17(8-6-15)30-29(33)26-20(13-31)27(32)19-12-22-21(37-14-38-22)11-18(19)25(26)16-9-23(34-2)28(36-4)24(10-16)35-3/h5-12,20,25-27,31-32H,13-14H2,1-4H3,(H,30,33). The van der Waals surface area contributed by atoms with Crippen LogP contribution < -0.4 is 29.0 Å². The van der Waals surface area contributed by atoms with Gasteiger partial charge in [-0.15, -0.1) is 0 Å². The summed E-state index contributed by atoms with van der Waals surface area (Å²) in [4.78, 5) is 14.0. The number of benzene rings is 3. The van der Waals surface area contributed by atoms with Gasteiger partial charge in [0.05, 0.1) is 33.4 Å². The maximum absolute atomic E-state index is 14.0. The number of carbonyl (C=O) groups is 1. The van der Waals surface area contributed by atoms with E-state index in [2.05, 4.69) is 5.32 Å². The van der Waals surface area contributed by atoms with Crippen molar-refractivity contribution < 1.29 is 38.7 Å². The number of amides is 1. The van der Waals surface area contributed by atoms with Gasteiger partial charge in [-0.3, -0.25) is 4.79 Å². The Balaban J connectivity index is 1.70. The molecule has 0 bridgehead atoms. The zero-order valence-corrected chi connectivity index (χ0v) is 21.7. The van der Waals surface area contributed by atoms with E-state index in [4.69, 9.17) is 23.7 Å². The Bertz CT molecular complexity index is 1310. The SMILES string of the molecule is COc1cc(C2c3cc4c(cc3C(O)C(CO)C2C(=O)Nc2ccc(C)cc2)OCO4)cc(OC)c1OC. The molecule has 0 radical (unpaired) electrons. The second-order valence-electron chi connectivity index (χ2n) is 9.44. The second-order valence-corrected chi connectivity index (χ2v) is 9.44. The van der Waals surface area contributed by atoms with Crippen LogP contribution in [0.1, 0.15) is 34.3 Å². The predicted octanol–water partition coefficient (Wildman–Crippen LogP) is 3.79. The van der Waals surface area contributed by atoms with E-state index >= 15 is 0 Å². The summed E-state index contributed by atoms with van der Waals surface area (Å²) in [5.74, 6) is -0.307. The van der Waals surface area contributed by atoms with Crippen LogP contribution in [0.5, 0.6) is 28.7 Å². The molecule has 1 amide bonds. The Morgan fingerprint density at radius 1 is 0.947 bits per heavy atom. The first-order valence-electron chi connectivity index (χ1n) is 12.3. The molecule has 3 aromatic carbocycles. The number of carbonyl (C=O) groups excluding carboxylic acids is 1. The fourth-order valence-corrected chi connectivity index (χ4v) is 5.46. The van der Waals surface area contributed by atoms with Crippen LogP contribution in [-0.4, -0.2) is 50.8 Å². The summed E-state index contributed by atoms with van der Waals surface area (Å²) in [5, 5.41) is 24.9. The highest BCUT2D eigenvalue weighted by molar-refractivity contribution is 5.94. The number of methoxy groups -OCH3 is 3. The van der Waals surface area contributed by atoms with Crippen molar-refractivity contribution in [2.75, 3.05) is 40.0 Å². The van der Waals surface area contributed by atoms with Crippen molar-refractivity contribution in [2.45, 2.75) is 18.9 Å². The van der Waals surface area contributed by atoms with E-state index in [1.807, 2.05) is 31.2 Å². The molecule has 9 nitrogen and oxygen atoms in total. The Hall–Kier alpha value is -3.95. The summed E-state index contributed by atoms with van der Waals surface area (Å²) < 4.78 is 27.9. The van der Waals surface area contributed by atoms with Gasteiger partial charge in [-0.25, -0.2) is 0 Å². The molecule has 1 aliphatic heterocycles. The van der Waals surface area contributed by atoms with Crippen LogP contribution in [0.4, 0.5) is 5.69 Å². The van der Waals surface area contributed by atoms with Crippen LogP contribution in [0.25, 0.3) is 0 Å². The van der Waals surface area contributed by atoms with Crippen LogP contribution in [0.15, 0.2) is 48.5 Å². The normalized spacial score (nSPS) is 21.4. The third-order valence-corrected chi connectivity index (χ3v) is 7.34. The highest BCUT2D eigenvalue weighted by Gasteiger charge is 2.47. The van der Waals surface area contributed by atoms with Gasteiger partial charge in [0.25, 0.3) is 0 Å². The first-order valence-corrected chi connectivity index (χ1v) is 12.3. The zero-order chi connectivity index (χ0) is 27.0. The number of ether oxygens (including phenoxy) is 5. The number of fused-ring (bicyclic) bond motifs is 2. The average molecular weight is 522 g/mol. The molecule has 9 heteroatoms. The van der Waals surface area contributed by atoms with Crippen LogP contribution in [0.3, 0.4) is 0 Å². The Labute approximate surface area is 220 Å². The number of aryl methyl sites for hydroxylation is 1. The lowest BCUT2D eigenvalue weighted by Gasteiger charge is -2.41. The van der Waals surface area contributed by atoms with Gasteiger partial charge in [-0.1, -0.05) is 17.7 Å². The summed E-state index contributed by atoms with van der Waals surface area (Å²) in [6.07, 6.45) is -1.11. The fraction of sp³-hybridized carbons (Fsp3) is 0.345.